The molecule has 0 aliphatic rings. The van der Waals surface area contributed by atoms with Crippen LogP contribution in [0.25, 0.3) is 6.08 Å². The summed E-state index contributed by atoms with van der Waals surface area (Å²) in [6.07, 6.45) is 1.45. The van der Waals surface area contributed by atoms with E-state index in [0.29, 0.717) is 0 Å². The average molecular weight is 312 g/mol. The Labute approximate surface area is 121 Å². The Bertz CT molecular complexity index is 730. The summed E-state index contributed by atoms with van der Waals surface area (Å²) in [5.74, 6) is -0.682. The number of hydrogen-bond acceptors (Lipinski definition) is 2. The van der Waals surface area contributed by atoms with Crippen LogP contribution in [0.2, 0.25) is 5.02 Å². The van der Waals surface area contributed by atoms with Gasteiger partial charge in [-0.1, -0.05) is 41.9 Å². The van der Waals surface area contributed by atoms with Crippen LogP contribution in [0.1, 0.15) is 5.56 Å². The molecule has 0 fully saturated rings. The highest BCUT2D eigenvalue weighted by Gasteiger charge is 2.07. The van der Waals surface area contributed by atoms with Crippen molar-refractivity contribution in [3.8, 4) is 0 Å². The van der Waals surface area contributed by atoms with Crippen molar-refractivity contribution in [2.45, 2.75) is 0 Å². The minimum absolute atomic E-state index is 0.0622. The second-order valence-corrected chi connectivity index (χ2v) is 5.96. The quantitative estimate of drug-likeness (QED) is 0.931. The Hall–Kier alpha value is -1.85. The molecule has 0 heterocycles. The minimum Gasteiger partial charge on any atom is -0.280 e. The maximum Gasteiger partial charge on any atom is 0.255 e. The molecule has 1 N–H and O–H groups in total. The molecular weight excluding hydrogens is 301 g/mol. The summed E-state index contributed by atoms with van der Waals surface area (Å²) in [6.45, 7) is 0. The van der Waals surface area contributed by atoms with E-state index in [9.17, 15) is 12.8 Å². The summed E-state index contributed by atoms with van der Waals surface area (Å²) < 4.78 is 39.1. The maximum absolute atomic E-state index is 13.2. The molecule has 6 heteroatoms. The van der Waals surface area contributed by atoms with Crippen molar-refractivity contribution in [3.63, 3.8) is 0 Å². The number of benzene rings is 2. The molecule has 0 aliphatic heterocycles. The third-order valence-corrected chi connectivity index (χ3v) is 3.74. The van der Waals surface area contributed by atoms with Gasteiger partial charge in [-0.15, -0.1) is 0 Å². The molecule has 0 unspecified atom stereocenters. The standard InChI is InChI=1S/C14H11ClFNO2S/c15-13-7-6-12(10-14(13)16)17-20(18,19)9-8-11-4-2-1-3-5-11/h1-10,17H/b9-8+. The number of sulfonamides is 1. The van der Waals surface area contributed by atoms with E-state index in [2.05, 4.69) is 4.72 Å². The first-order valence-corrected chi connectivity index (χ1v) is 7.60. The van der Waals surface area contributed by atoms with Gasteiger partial charge in [-0.2, -0.15) is 0 Å². The Morgan fingerprint density at radius 2 is 1.80 bits per heavy atom. The monoisotopic (exact) mass is 311 g/mol. The molecule has 2 rings (SSSR count). The van der Waals surface area contributed by atoms with E-state index >= 15 is 0 Å². The van der Waals surface area contributed by atoms with Crippen LogP contribution in [-0.4, -0.2) is 8.42 Å². The molecule has 0 radical (unpaired) electrons. The number of nitrogens with one attached hydrogen (secondary N) is 1. The zero-order valence-corrected chi connectivity index (χ0v) is 11.8. The van der Waals surface area contributed by atoms with Gasteiger partial charge >= 0.3 is 0 Å². The molecule has 2 aromatic carbocycles. The fourth-order valence-electron chi connectivity index (χ4n) is 1.49. The van der Waals surface area contributed by atoms with Crippen molar-refractivity contribution in [2.24, 2.45) is 0 Å². The molecule has 0 bridgehead atoms. The van der Waals surface area contributed by atoms with E-state index in [1.807, 2.05) is 6.07 Å². The lowest BCUT2D eigenvalue weighted by atomic mass is 10.2. The third-order valence-electron chi connectivity index (χ3n) is 2.42. The van der Waals surface area contributed by atoms with E-state index in [1.54, 1.807) is 24.3 Å². The molecule has 2 aromatic rings. The number of rotatable bonds is 4. The normalized spacial score (nSPS) is 11.7. The van der Waals surface area contributed by atoms with Crippen molar-refractivity contribution in [1.82, 2.24) is 0 Å². The molecule has 3 nitrogen and oxygen atoms in total. The second kappa shape index (κ2) is 6.07. The maximum atomic E-state index is 13.2. The van der Waals surface area contributed by atoms with Crippen LogP contribution in [0, 0.1) is 5.82 Å². The van der Waals surface area contributed by atoms with Crippen molar-refractivity contribution in [2.75, 3.05) is 4.72 Å². The molecule has 104 valence electrons. The summed E-state index contributed by atoms with van der Waals surface area (Å²) in [4.78, 5) is 0. The summed E-state index contributed by atoms with van der Waals surface area (Å²) in [5, 5.41) is 0.960. The van der Waals surface area contributed by atoms with E-state index in [4.69, 9.17) is 11.6 Å². The van der Waals surface area contributed by atoms with Gasteiger partial charge in [-0.05, 0) is 29.8 Å². The fourth-order valence-corrected chi connectivity index (χ4v) is 2.47. The van der Waals surface area contributed by atoms with Crippen LogP contribution in [0.3, 0.4) is 0 Å². The number of anilines is 1. The first-order chi connectivity index (χ1) is 9.46. The van der Waals surface area contributed by atoms with Crippen LogP contribution in [0.5, 0.6) is 0 Å². The second-order valence-electron chi connectivity index (χ2n) is 3.99. The van der Waals surface area contributed by atoms with Crippen LogP contribution >= 0.6 is 11.6 Å². The molecule has 0 aliphatic carbocycles. The fraction of sp³-hybridized carbons (Fsp3) is 0. The summed E-state index contributed by atoms with van der Waals surface area (Å²) >= 11 is 5.53. The van der Waals surface area contributed by atoms with Crippen molar-refractivity contribution < 1.29 is 12.8 Å². The predicted molar refractivity (Wildman–Crippen MR) is 79.4 cm³/mol. The van der Waals surface area contributed by atoms with Gasteiger partial charge in [0, 0.05) is 0 Å². The molecular formula is C14H11ClFNO2S. The highest BCUT2D eigenvalue weighted by Crippen LogP contribution is 2.19. The van der Waals surface area contributed by atoms with E-state index in [-0.39, 0.29) is 10.7 Å². The topological polar surface area (TPSA) is 46.2 Å². The zero-order valence-electron chi connectivity index (χ0n) is 10.3. The van der Waals surface area contributed by atoms with E-state index in [1.165, 1.54) is 18.2 Å². The Balaban J connectivity index is 2.15. The van der Waals surface area contributed by atoms with Crippen molar-refractivity contribution in [1.29, 1.82) is 0 Å². The van der Waals surface area contributed by atoms with Crippen molar-refractivity contribution in [3.05, 3.63) is 70.3 Å². The van der Waals surface area contributed by atoms with E-state index < -0.39 is 15.8 Å². The first-order valence-electron chi connectivity index (χ1n) is 5.67. The van der Waals surface area contributed by atoms with Gasteiger partial charge in [0.1, 0.15) is 5.82 Å². The smallest absolute Gasteiger partial charge is 0.255 e. The summed E-state index contributed by atoms with van der Waals surface area (Å²) in [5.41, 5.74) is 0.866. The van der Waals surface area contributed by atoms with Gasteiger partial charge in [0.2, 0.25) is 0 Å². The van der Waals surface area contributed by atoms with Crippen molar-refractivity contribution >= 4 is 33.4 Å². The van der Waals surface area contributed by atoms with Gasteiger partial charge in [0.05, 0.1) is 16.1 Å². The predicted octanol–water partition coefficient (Wildman–Crippen LogP) is 3.89. The third kappa shape index (κ3) is 4.08. The molecule has 0 saturated heterocycles. The highest BCUT2D eigenvalue weighted by molar-refractivity contribution is 7.95. The summed E-state index contributed by atoms with van der Waals surface area (Å²) in [6, 6.07) is 12.7. The van der Waals surface area contributed by atoms with Crippen LogP contribution in [-0.2, 0) is 10.0 Å². The first kappa shape index (κ1) is 14.6. The lowest BCUT2D eigenvalue weighted by Gasteiger charge is -2.05. The van der Waals surface area contributed by atoms with Crippen LogP contribution in [0.15, 0.2) is 53.9 Å². The average Bonchev–Trinajstić information content (AvgIpc) is 2.42. The lowest BCUT2D eigenvalue weighted by molar-refractivity contribution is 0.609. The zero-order chi connectivity index (χ0) is 14.6. The highest BCUT2D eigenvalue weighted by atomic mass is 35.5. The van der Waals surface area contributed by atoms with E-state index in [0.717, 1.165) is 17.0 Å². The molecule has 0 saturated carbocycles. The molecule has 0 amide bonds. The molecule has 20 heavy (non-hydrogen) atoms. The van der Waals surface area contributed by atoms with Crippen LogP contribution < -0.4 is 4.72 Å². The summed E-state index contributed by atoms with van der Waals surface area (Å²) in [7, 11) is -3.70. The van der Waals surface area contributed by atoms with Gasteiger partial charge in [0.25, 0.3) is 10.0 Å². The lowest BCUT2D eigenvalue weighted by Crippen LogP contribution is -2.08. The Kier molecular flexibility index (Phi) is 4.42. The van der Waals surface area contributed by atoms with Gasteiger partial charge < -0.3 is 0 Å². The SMILES string of the molecule is O=S(=O)(/C=C/c1ccccc1)Nc1ccc(Cl)c(F)c1. The molecule has 0 spiro atoms. The largest absolute Gasteiger partial charge is 0.280 e. The molecule has 0 aromatic heterocycles. The minimum atomic E-state index is -3.70. The van der Waals surface area contributed by atoms with Gasteiger partial charge in [-0.25, -0.2) is 12.8 Å². The molecule has 0 atom stereocenters. The number of halogens is 2. The number of hydrogen-bond donors (Lipinski definition) is 1. The Morgan fingerprint density at radius 1 is 1.10 bits per heavy atom. The Morgan fingerprint density at radius 3 is 2.45 bits per heavy atom. The van der Waals surface area contributed by atoms with Gasteiger partial charge in [0.15, 0.2) is 0 Å². The van der Waals surface area contributed by atoms with Crippen LogP contribution in [0.4, 0.5) is 10.1 Å². The van der Waals surface area contributed by atoms with Gasteiger partial charge in [-0.3, -0.25) is 4.72 Å².